The number of aliphatic hydroxyl groups excluding tert-OH is 2. The maximum Gasteiger partial charge on any atom is 0.152 e. The van der Waals surface area contributed by atoms with Crippen LogP contribution in [0.15, 0.2) is 36.4 Å². The fourth-order valence-electron chi connectivity index (χ4n) is 3.06. The van der Waals surface area contributed by atoms with E-state index in [9.17, 15) is 18.6 Å². The maximum atomic E-state index is 11.6. The smallest absolute Gasteiger partial charge is 0.152 e. The van der Waals surface area contributed by atoms with Crippen molar-refractivity contribution in [1.29, 1.82) is 0 Å². The van der Waals surface area contributed by atoms with Crippen LogP contribution in [0.3, 0.4) is 0 Å². The second kappa shape index (κ2) is 12.0. The van der Waals surface area contributed by atoms with Gasteiger partial charge in [0.1, 0.15) is 36.9 Å². The van der Waals surface area contributed by atoms with Gasteiger partial charge in [-0.2, -0.15) is 0 Å². The highest BCUT2D eigenvalue weighted by molar-refractivity contribution is 7.91. The van der Waals surface area contributed by atoms with Gasteiger partial charge in [0.15, 0.2) is 9.84 Å². The van der Waals surface area contributed by atoms with Gasteiger partial charge < -0.3 is 19.7 Å². The van der Waals surface area contributed by atoms with Gasteiger partial charge in [-0.05, 0) is 35.4 Å². The first-order chi connectivity index (χ1) is 15.4. The molecule has 0 radical (unpaired) electrons. The Balaban J connectivity index is 2.13. The minimum Gasteiger partial charge on any atom is -0.489 e. The number of ether oxygens (including phenoxy) is 2. The number of benzene rings is 2. The summed E-state index contributed by atoms with van der Waals surface area (Å²) in [6, 6.07) is 10.7. The van der Waals surface area contributed by atoms with Gasteiger partial charge in [-0.1, -0.05) is 56.1 Å². The van der Waals surface area contributed by atoms with E-state index < -0.39 is 27.5 Å². The van der Waals surface area contributed by atoms with E-state index in [-0.39, 0.29) is 30.6 Å². The summed E-state index contributed by atoms with van der Waals surface area (Å²) >= 11 is 18.4. The van der Waals surface area contributed by atoms with Gasteiger partial charge >= 0.3 is 0 Å². The van der Waals surface area contributed by atoms with Crippen LogP contribution in [0.4, 0.5) is 0 Å². The van der Waals surface area contributed by atoms with Crippen molar-refractivity contribution in [3.05, 3.63) is 57.6 Å². The molecular weight excluding hydrogens is 511 g/mol. The van der Waals surface area contributed by atoms with E-state index in [1.54, 1.807) is 24.3 Å². The molecule has 0 aromatic heterocycles. The molecule has 33 heavy (non-hydrogen) atoms. The van der Waals surface area contributed by atoms with Crippen LogP contribution in [-0.2, 0) is 15.3 Å². The normalized spacial score (nSPS) is 14.1. The van der Waals surface area contributed by atoms with Gasteiger partial charge in [-0.15, -0.1) is 11.6 Å². The van der Waals surface area contributed by atoms with Crippen molar-refractivity contribution in [2.45, 2.75) is 38.4 Å². The maximum absolute atomic E-state index is 11.6. The molecule has 2 atom stereocenters. The molecule has 0 saturated carbocycles. The number of alkyl halides is 1. The molecule has 0 spiro atoms. The Bertz CT molecular complexity index is 1040. The number of rotatable bonds is 12. The van der Waals surface area contributed by atoms with Crippen molar-refractivity contribution in [3.8, 4) is 11.5 Å². The monoisotopic (exact) mass is 538 g/mol. The second-order valence-electron chi connectivity index (χ2n) is 8.20. The van der Waals surface area contributed by atoms with Gasteiger partial charge in [0.25, 0.3) is 0 Å². The Morgan fingerprint density at radius 3 is 1.76 bits per heavy atom. The second-order valence-corrected chi connectivity index (χ2v) is 11.7. The van der Waals surface area contributed by atoms with Gasteiger partial charge in [0.05, 0.1) is 21.7 Å². The molecule has 0 aliphatic carbocycles. The van der Waals surface area contributed by atoms with E-state index in [2.05, 4.69) is 0 Å². The summed E-state index contributed by atoms with van der Waals surface area (Å²) in [6.07, 6.45) is -1.92. The summed E-state index contributed by atoms with van der Waals surface area (Å²) in [6.45, 7) is 5.42. The summed E-state index contributed by atoms with van der Waals surface area (Å²) in [4.78, 5) is 0. The van der Waals surface area contributed by atoms with Crippen LogP contribution < -0.4 is 9.47 Å². The molecule has 0 aliphatic heterocycles. The Hall–Kier alpha value is -1.22. The van der Waals surface area contributed by atoms with Crippen LogP contribution in [0.2, 0.25) is 10.0 Å². The molecule has 0 unspecified atom stereocenters. The highest BCUT2D eigenvalue weighted by atomic mass is 35.5. The zero-order valence-corrected chi connectivity index (χ0v) is 21.8. The lowest BCUT2D eigenvalue weighted by molar-refractivity contribution is 0.125. The van der Waals surface area contributed by atoms with Crippen molar-refractivity contribution in [2.24, 2.45) is 0 Å². The lowest BCUT2D eigenvalue weighted by Crippen LogP contribution is -2.28. The largest absolute Gasteiger partial charge is 0.489 e. The Morgan fingerprint density at radius 1 is 0.909 bits per heavy atom. The van der Waals surface area contributed by atoms with E-state index in [4.69, 9.17) is 44.3 Å². The molecule has 0 bridgehead atoms. The van der Waals surface area contributed by atoms with Crippen molar-refractivity contribution >= 4 is 44.6 Å². The molecular formula is C23H29Cl3O6S. The molecule has 0 saturated heterocycles. The lowest BCUT2D eigenvalue weighted by atomic mass is 9.78. The topological polar surface area (TPSA) is 93.1 Å². The summed E-state index contributed by atoms with van der Waals surface area (Å²) in [5, 5.41) is 20.2. The third-order valence-corrected chi connectivity index (χ3v) is 7.95. The summed E-state index contributed by atoms with van der Waals surface area (Å²) in [5.74, 6) is 0.466. The van der Waals surface area contributed by atoms with Crippen LogP contribution in [0.25, 0.3) is 0 Å². The molecule has 2 rings (SSSR count). The highest BCUT2D eigenvalue weighted by Gasteiger charge is 2.25. The summed E-state index contributed by atoms with van der Waals surface area (Å²) in [5.41, 5.74) is 1.35. The molecule has 2 aromatic rings. The van der Waals surface area contributed by atoms with E-state index in [1.807, 2.05) is 26.0 Å². The van der Waals surface area contributed by atoms with Gasteiger partial charge in [-0.25, -0.2) is 8.42 Å². The summed E-state index contributed by atoms with van der Waals surface area (Å²) in [7, 11) is -3.31. The minimum absolute atomic E-state index is 0.0406. The first kappa shape index (κ1) is 28.0. The molecule has 184 valence electrons. The first-order valence-electron chi connectivity index (χ1n) is 10.4. The fraction of sp³-hybridized carbons (Fsp3) is 0.478. The Kier molecular flexibility index (Phi) is 10.2. The van der Waals surface area contributed by atoms with E-state index in [1.165, 1.54) is 6.92 Å². The number of aliphatic hydroxyl groups is 2. The molecule has 10 heteroatoms. The third-order valence-electron chi connectivity index (χ3n) is 5.23. The predicted molar refractivity (Wildman–Crippen MR) is 133 cm³/mol. The van der Waals surface area contributed by atoms with E-state index in [0.717, 1.165) is 11.1 Å². The number of sulfone groups is 1. The molecule has 2 aromatic carbocycles. The average Bonchev–Trinajstić information content (AvgIpc) is 2.76. The van der Waals surface area contributed by atoms with Crippen LogP contribution >= 0.6 is 34.8 Å². The molecule has 0 amide bonds. The first-order valence-corrected chi connectivity index (χ1v) is 13.5. The molecule has 0 heterocycles. The zero-order chi connectivity index (χ0) is 24.8. The van der Waals surface area contributed by atoms with E-state index >= 15 is 0 Å². The van der Waals surface area contributed by atoms with Crippen molar-refractivity contribution in [3.63, 3.8) is 0 Å². The SMILES string of the molecule is CCS(=O)(=O)C[C@H](O)COc1ccc(C(C)(C)c2ccc(OC[C@H](O)CCl)c(Cl)c2)cc1Cl. The zero-order valence-electron chi connectivity index (χ0n) is 18.7. The Morgan fingerprint density at radius 2 is 1.36 bits per heavy atom. The molecule has 6 nitrogen and oxygen atoms in total. The lowest BCUT2D eigenvalue weighted by Gasteiger charge is -2.27. The number of halogens is 3. The van der Waals surface area contributed by atoms with Crippen molar-refractivity contribution in [2.75, 3.05) is 30.6 Å². The number of hydrogen-bond acceptors (Lipinski definition) is 6. The van der Waals surface area contributed by atoms with Crippen molar-refractivity contribution < 1.29 is 28.1 Å². The molecule has 2 N–H and O–H groups in total. The van der Waals surface area contributed by atoms with Crippen LogP contribution in [-0.4, -0.2) is 61.4 Å². The standard InChI is InChI=1S/C23H29Cl3O6S/c1-4-33(29,30)14-18(28)13-32-22-8-6-16(10-20(22)26)23(2,3)15-5-7-21(19(25)9-15)31-12-17(27)11-24/h5-10,17-18,27-28H,4,11-14H2,1-3H3/t17-,18-/m1/s1. The van der Waals surface area contributed by atoms with Crippen molar-refractivity contribution in [1.82, 2.24) is 0 Å². The average molecular weight is 540 g/mol. The number of hydrogen-bond donors (Lipinski definition) is 2. The van der Waals surface area contributed by atoms with Crippen LogP contribution in [0.1, 0.15) is 31.9 Å². The van der Waals surface area contributed by atoms with Crippen LogP contribution in [0, 0.1) is 0 Å². The van der Waals surface area contributed by atoms with Gasteiger partial charge in [-0.3, -0.25) is 0 Å². The summed E-state index contributed by atoms with van der Waals surface area (Å²) < 4.78 is 34.3. The molecule has 0 aliphatic rings. The molecule has 0 fully saturated rings. The van der Waals surface area contributed by atoms with E-state index in [0.29, 0.717) is 21.5 Å². The quantitative estimate of drug-likeness (QED) is 0.387. The third kappa shape index (κ3) is 7.91. The predicted octanol–water partition coefficient (Wildman–Crippen LogP) is 4.47. The minimum atomic E-state index is -3.31. The van der Waals surface area contributed by atoms with Crippen LogP contribution in [0.5, 0.6) is 11.5 Å². The Labute approximate surface area is 210 Å². The highest BCUT2D eigenvalue weighted by Crippen LogP contribution is 2.38. The fourth-order valence-corrected chi connectivity index (χ4v) is 4.53. The van der Waals surface area contributed by atoms with Gasteiger partial charge in [0.2, 0.25) is 0 Å². The van der Waals surface area contributed by atoms with Gasteiger partial charge in [0, 0.05) is 11.2 Å².